The SMILES string of the molecule is CCC(Oc1cccc(C)c1C)C(=O)N1CCC(C(N)=O)CC1. The Kier molecular flexibility index (Phi) is 5.64. The molecule has 0 aliphatic carbocycles. The quantitative estimate of drug-likeness (QED) is 0.904. The van der Waals surface area contributed by atoms with Crippen LogP contribution in [0.5, 0.6) is 5.75 Å². The van der Waals surface area contributed by atoms with Gasteiger partial charge < -0.3 is 15.4 Å². The molecule has 0 aromatic heterocycles. The van der Waals surface area contributed by atoms with Gasteiger partial charge in [-0.25, -0.2) is 0 Å². The number of aryl methyl sites for hydroxylation is 1. The van der Waals surface area contributed by atoms with Gasteiger partial charge in [0.2, 0.25) is 5.91 Å². The van der Waals surface area contributed by atoms with Crippen molar-refractivity contribution in [2.75, 3.05) is 13.1 Å². The summed E-state index contributed by atoms with van der Waals surface area (Å²) in [4.78, 5) is 25.7. The molecule has 5 nitrogen and oxygen atoms in total. The zero-order chi connectivity index (χ0) is 17.0. The third-order valence-corrected chi connectivity index (χ3v) is 4.68. The van der Waals surface area contributed by atoms with E-state index in [1.807, 2.05) is 39.0 Å². The lowest BCUT2D eigenvalue weighted by Gasteiger charge is -2.33. The first-order valence-electron chi connectivity index (χ1n) is 8.25. The van der Waals surface area contributed by atoms with Crippen LogP contribution in [0.25, 0.3) is 0 Å². The Bertz CT molecular complexity index is 578. The summed E-state index contributed by atoms with van der Waals surface area (Å²) in [5.41, 5.74) is 7.55. The van der Waals surface area contributed by atoms with Gasteiger partial charge in [-0.15, -0.1) is 0 Å². The number of ether oxygens (including phenoxy) is 1. The number of benzene rings is 1. The Morgan fingerprint density at radius 2 is 1.96 bits per heavy atom. The molecule has 0 saturated carbocycles. The smallest absolute Gasteiger partial charge is 0.263 e. The fourth-order valence-electron chi connectivity index (χ4n) is 2.90. The zero-order valence-electron chi connectivity index (χ0n) is 14.2. The molecular formula is C18H26N2O3. The summed E-state index contributed by atoms with van der Waals surface area (Å²) in [6, 6.07) is 5.87. The Labute approximate surface area is 137 Å². The summed E-state index contributed by atoms with van der Waals surface area (Å²) in [6.07, 6.45) is 1.41. The molecule has 0 bridgehead atoms. The van der Waals surface area contributed by atoms with Crippen LogP contribution in [0.1, 0.15) is 37.3 Å². The van der Waals surface area contributed by atoms with Crippen LogP contribution in [-0.4, -0.2) is 35.9 Å². The molecule has 2 N–H and O–H groups in total. The average Bonchev–Trinajstić information content (AvgIpc) is 2.55. The fourth-order valence-corrected chi connectivity index (χ4v) is 2.90. The monoisotopic (exact) mass is 318 g/mol. The lowest BCUT2D eigenvalue weighted by Crippen LogP contribution is -2.47. The number of hydrogen-bond acceptors (Lipinski definition) is 3. The van der Waals surface area contributed by atoms with E-state index in [0.29, 0.717) is 32.4 Å². The maximum atomic E-state index is 12.7. The Morgan fingerprint density at radius 1 is 1.30 bits per heavy atom. The highest BCUT2D eigenvalue weighted by Gasteiger charge is 2.30. The van der Waals surface area contributed by atoms with Gasteiger partial charge in [0.1, 0.15) is 5.75 Å². The van der Waals surface area contributed by atoms with Crippen molar-refractivity contribution in [3.63, 3.8) is 0 Å². The van der Waals surface area contributed by atoms with Crippen molar-refractivity contribution in [2.24, 2.45) is 11.7 Å². The maximum absolute atomic E-state index is 12.7. The van der Waals surface area contributed by atoms with E-state index in [1.165, 1.54) is 0 Å². The zero-order valence-corrected chi connectivity index (χ0v) is 14.2. The molecule has 1 fully saturated rings. The Hall–Kier alpha value is -2.04. The van der Waals surface area contributed by atoms with E-state index in [-0.39, 0.29) is 17.7 Å². The summed E-state index contributed by atoms with van der Waals surface area (Å²) in [6.45, 7) is 7.11. The van der Waals surface area contributed by atoms with Gasteiger partial charge in [-0.2, -0.15) is 0 Å². The van der Waals surface area contributed by atoms with Crippen molar-refractivity contribution in [3.05, 3.63) is 29.3 Å². The average molecular weight is 318 g/mol. The molecule has 5 heteroatoms. The van der Waals surface area contributed by atoms with Gasteiger partial charge in [0.05, 0.1) is 0 Å². The molecule has 126 valence electrons. The summed E-state index contributed by atoms with van der Waals surface area (Å²) < 4.78 is 5.98. The molecule has 1 aliphatic rings. The summed E-state index contributed by atoms with van der Waals surface area (Å²) in [5, 5.41) is 0. The number of amides is 2. The number of hydrogen-bond donors (Lipinski definition) is 1. The van der Waals surface area contributed by atoms with E-state index in [2.05, 4.69) is 0 Å². The number of primary amides is 1. The topological polar surface area (TPSA) is 72.6 Å². The fraction of sp³-hybridized carbons (Fsp3) is 0.556. The number of nitrogens with zero attached hydrogens (tertiary/aromatic N) is 1. The number of nitrogens with two attached hydrogens (primary N) is 1. The summed E-state index contributed by atoms with van der Waals surface area (Å²) in [7, 11) is 0. The first-order chi connectivity index (χ1) is 10.9. The molecule has 1 unspecified atom stereocenters. The van der Waals surface area contributed by atoms with Crippen molar-refractivity contribution in [1.29, 1.82) is 0 Å². The van der Waals surface area contributed by atoms with Crippen LogP contribution in [0.15, 0.2) is 18.2 Å². The van der Waals surface area contributed by atoms with Crippen LogP contribution in [0.2, 0.25) is 0 Å². The number of piperidine rings is 1. The molecule has 1 aromatic carbocycles. The van der Waals surface area contributed by atoms with E-state index in [0.717, 1.165) is 16.9 Å². The summed E-state index contributed by atoms with van der Waals surface area (Å²) >= 11 is 0. The third kappa shape index (κ3) is 4.03. The second-order valence-corrected chi connectivity index (χ2v) is 6.21. The second-order valence-electron chi connectivity index (χ2n) is 6.21. The molecule has 1 saturated heterocycles. The Balaban J connectivity index is 2.02. The minimum Gasteiger partial charge on any atom is -0.480 e. The van der Waals surface area contributed by atoms with Gasteiger partial charge in [0, 0.05) is 19.0 Å². The van der Waals surface area contributed by atoms with Crippen LogP contribution in [-0.2, 0) is 9.59 Å². The van der Waals surface area contributed by atoms with Crippen LogP contribution in [0.3, 0.4) is 0 Å². The second kappa shape index (κ2) is 7.49. The van der Waals surface area contributed by atoms with E-state index in [9.17, 15) is 9.59 Å². The largest absolute Gasteiger partial charge is 0.480 e. The highest BCUT2D eigenvalue weighted by atomic mass is 16.5. The molecule has 1 heterocycles. The third-order valence-electron chi connectivity index (χ3n) is 4.68. The van der Waals surface area contributed by atoms with Crippen molar-refractivity contribution < 1.29 is 14.3 Å². The maximum Gasteiger partial charge on any atom is 0.263 e. The first-order valence-corrected chi connectivity index (χ1v) is 8.25. The van der Waals surface area contributed by atoms with Crippen molar-refractivity contribution in [3.8, 4) is 5.75 Å². The van der Waals surface area contributed by atoms with Crippen molar-refractivity contribution in [2.45, 2.75) is 46.1 Å². The van der Waals surface area contributed by atoms with Gasteiger partial charge in [0.25, 0.3) is 5.91 Å². The first kappa shape index (κ1) is 17.3. The predicted molar refractivity (Wildman–Crippen MR) is 89.1 cm³/mol. The number of carbonyl (C=O) groups is 2. The highest BCUT2D eigenvalue weighted by molar-refractivity contribution is 5.82. The molecule has 1 aromatic rings. The lowest BCUT2D eigenvalue weighted by atomic mass is 9.96. The number of carbonyl (C=O) groups excluding carboxylic acids is 2. The number of rotatable bonds is 5. The molecule has 1 aliphatic heterocycles. The van der Waals surface area contributed by atoms with Gasteiger partial charge in [-0.05, 0) is 50.3 Å². The van der Waals surface area contributed by atoms with Gasteiger partial charge in [0.15, 0.2) is 6.10 Å². The lowest BCUT2D eigenvalue weighted by molar-refractivity contribution is -0.141. The van der Waals surface area contributed by atoms with Gasteiger partial charge in [-0.1, -0.05) is 19.1 Å². The minimum absolute atomic E-state index is 0.00340. The standard InChI is InChI=1S/C18H26N2O3/c1-4-15(23-16-7-5-6-12(2)13(16)3)18(22)20-10-8-14(9-11-20)17(19)21/h5-7,14-15H,4,8-11H2,1-3H3,(H2,19,21). The highest BCUT2D eigenvalue weighted by Crippen LogP contribution is 2.24. The molecule has 2 amide bonds. The minimum atomic E-state index is -0.486. The van der Waals surface area contributed by atoms with Crippen molar-refractivity contribution >= 4 is 11.8 Å². The van der Waals surface area contributed by atoms with E-state index < -0.39 is 6.10 Å². The van der Waals surface area contributed by atoms with E-state index in [1.54, 1.807) is 4.90 Å². The molecule has 2 rings (SSSR count). The van der Waals surface area contributed by atoms with Crippen molar-refractivity contribution in [1.82, 2.24) is 4.90 Å². The Morgan fingerprint density at radius 3 is 2.52 bits per heavy atom. The van der Waals surface area contributed by atoms with Crippen LogP contribution < -0.4 is 10.5 Å². The number of likely N-dealkylation sites (tertiary alicyclic amines) is 1. The normalized spacial score (nSPS) is 16.9. The van der Waals surface area contributed by atoms with Crippen LogP contribution in [0, 0.1) is 19.8 Å². The predicted octanol–water partition coefficient (Wildman–Crippen LogP) is 2.18. The van der Waals surface area contributed by atoms with Crippen LogP contribution in [0.4, 0.5) is 0 Å². The van der Waals surface area contributed by atoms with Gasteiger partial charge >= 0.3 is 0 Å². The molecule has 23 heavy (non-hydrogen) atoms. The molecular weight excluding hydrogens is 292 g/mol. The molecule has 0 spiro atoms. The van der Waals surface area contributed by atoms with Crippen LogP contribution >= 0.6 is 0 Å². The summed E-state index contributed by atoms with van der Waals surface area (Å²) in [5.74, 6) is 0.378. The molecule has 0 radical (unpaired) electrons. The molecule has 1 atom stereocenters. The van der Waals surface area contributed by atoms with E-state index >= 15 is 0 Å². The van der Waals surface area contributed by atoms with E-state index in [4.69, 9.17) is 10.5 Å². The van der Waals surface area contributed by atoms with Gasteiger partial charge in [-0.3, -0.25) is 9.59 Å².